The molecule has 145 heavy (non-hydrogen) atoms. The van der Waals surface area contributed by atoms with Crippen molar-refractivity contribution in [1.82, 2.24) is 0 Å². The second-order valence-corrected chi connectivity index (χ2v) is 43.7. The van der Waals surface area contributed by atoms with Crippen LogP contribution in [0.25, 0.3) is 64.6 Å². The molecule has 33 atom stereocenters. The van der Waals surface area contributed by atoms with Crippen LogP contribution in [0.5, 0.6) is 0 Å². The molecule has 0 bridgehead atoms. The molecule has 0 N–H and O–H groups in total. The summed E-state index contributed by atoms with van der Waals surface area (Å²) in [6.07, 6.45) is 16.9. The summed E-state index contributed by atoms with van der Waals surface area (Å²) in [5.41, 5.74) is 5.60. The maximum Gasteiger partial charge on any atom is 0.174 e. The van der Waals surface area contributed by atoms with Crippen molar-refractivity contribution in [3.63, 3.8) is 0 Å². The Morgan fingerprint density at radius 3 is 1.37 bits per heavy atom. The number of rotatable bonds is 21. The highest BCUT2D eigenvalue weighted by Crippen LogP contribution is 2.54. The van der Waals surface area contributed by atoms with Gasteiger partial charge in [0, 0.05) is 43.9 Å². The molecule has 12 aromatic carbocycles. The summed E-state index contributed by atoms with van der Waals surface area (Å²) in [4.78, 5) is 0. The Labute approximate surface area is 850 Å². The van der Waals surface area contributed by atoms with E-state index in [1.54, 1.807) is 0 Å². The fourth-order valence-electron chi connectivity index (χ4n) is 25.9. The van der Waals surface area contributed by atoms with Crippen LogP contribution in [0.3, 0.4) is 0 Å². The second kappa shape index (κ2) is 41.9. The predicted molar refractivity (Wildman–Crippen MR) is 558 cm³/mol. The molecule has 0 aliphatic carbocycles. The van der Waals surface area contributed by atoms with Crippen LogP contribution in [0.2, 0.25) is 0 Å². The topological polar surface area (TPSA) is 175 Å². The quantitative estimate of drug-likeness (QED) is 0.0620. The van der Waals surface area contributed by atoms with E-state index in [2.05, 4.69) is 350 Å². The molecule has 13 aliphatic rings. The van der Waals surface area contributed by atoms with Crippen LogP contribution in [-0.4, -0.2) is 189 Å². The van der Waals surface area contributed by atoms with Gasteiger partial charge < -0.3 is 90.0 Å². The standard InChI is InChI=1S/C126H134O19/c1-76-55-108-110(64-114-118(142-108)78(3)119(131-72-84-41-47-90-25-10-16-31-96(90)61-84)124-120(143-114)77(2)79(4)126(145-124)67-100(75-133-126)129-70-82-39-45-88-23-8-14-29-94(88)59-82)139-112-66-117-125(5,144-113(112)56-76)116(130-71-83-40-46-89-24-9-15-30-95(89)60-83)65-111-102(140-117)35-19-18-34-101-103(137-111)51-52-105-104(135-101)53-54-106-109(136-105)63-115-122(141-106)123(132-73-85-42-48-91-26-11-17-32-97(91)62-85)121-107(138-115)36-20-33-98(134-121)49-50-99(128-69-81-38-44-87-22-7-13-28-93(87)58-81)74-127-68-80-37-43-86-21-6-12-27-92(86)57-80/h6-33,37-54,57-62,76-79,98-124H,34-36,55-56,63-75H2,1-5H3/b19-18-,50-49+/t76-,77+,78-,79+,98-,99+,100+,101-,102+,103+,104+,105-,106-,107+,108+,109+,110-,111-,112+,113-,114+,115-,116-,117-,118-,119+,120-,121+,122-,123-,124+,125+,126-/m1/s1. The Hall–Kier alpha value is -9.86. The van der Waals surface area contributed by atoms with Gasteiger partial charge in [-0.05, 0) is 185 Å². The monoisotopic (exact) mass is 1950 g/mol. The van der Waals surface area contributed by atoms with E-state index in [0.29, 0.717) is 104 Å². The molecule has 9 saturated heterocycles. The molecular weight excluding hydrogens is 1820 g/mol. The van der Waals surface area contributed by atoms with Gasteiger partial charge in [0.25, 0.3) is 0 Å². The Bertz CT molecular complexity index is 6750. The first-order valence-electron chi connectivity index (χ1n) is 53.6. The maximum atomic E-state index is 7.91. The van der Waals surface area contributed by atoms with Gasteiger partial charge in [-0.15, -0.1) is 0 Å². The van der Waals surface area contributed by atoms with E-state index in [-0.39, 0.29) is 78.6 Å². The molecule has 0 amide bonds. The van der Waals surface area contributed by atoms with Crippen molar-refractivity contribution in [3.8, 4) is 0 Å². The zero-order chi connectivity index (χ0) is 97.2. The van der Waals surface area contributed by atoms with Crippen molar-refractivity contribution >= 4 is 64.6 Å². The number of hydrogen-bond donors (Lipinski definition) is 0. The predicted octanol–water partition coefficient (Wildman–Crippen LogP) is 23.2. The van der Waals surface area contributed by atoms with E-state index >= 15 is 0 Å². The van der Waals surface area contributed by atoms with Gasteiger partial charge in [-0.25, -0.2) is 0 Å². The van der Waals surface area contributed by atoms with E-state index < -0.39 is 121 Å². The van der Waals surface area contributed by atoms with Gasteiger partial charge in [0.1, 0.15) is 54.4 Å². The number of ether oxygens (including phenoxy) is 19. The normalized spacial score (nSPS) is 36.4. The lowest BCUT2D eigenvalue weighted by Crippen LogP contribution is -2.64. The number of fused-ring (bicyclic) bond motifs is 17. The first-order chi connectivity index (χ1) is 71.1. The summed E-state index contributed by atoms with van der Waals surface area (Å²) in [5.74, 6) is -0.941. The third-order valence-electron chi connectivity index (χ3n) is 34.0. The lowest BCUT2D eigenvalue weighted by molar-refractivity contribution is -0.342. The Morgan fingerprint density at radius 2 is 0.779 bits per heavy atom. The van der Waals surface area contributed by atoms with Crippen LogP contribution in [0.1, 0.15) is 132 Å². The molecule has 13 heterocycles. The van der Waals surface area contributed by atoms with Gasteiger partial charge in [-0.2, -0.15) is 0 Å². The molecule has 0 radical (unpaired) electrons. The first kappa shape index (κ1) is 96.0. The molecular formula is C126H134O19. The van der Waals surface area contributed by atoms with Crippen LogP contribution in [0.4, 0.5) is 0 Å². The van der Waals surface area contributed by atoms with Gasteiger partial charge in [-0.1, -0.05) is 307 Å². The molecule has 1 spiro atoms. The summed E-state index contributed by atoms with van der Waals surface area (Å²) < 4.78 is 141. The third-order valence-corrected chi connectivity index (χ3v) is 34.0. The molecule has 0 aromatic heterocycles. The minimum absolute atomic E-state index is 0.000546. The molecule has 752 valence electrons. The van der Waals surface area contributed by atoms with Crippen molar-refractivity contribution in [1.29, 1.82) is 0 Å². The molecule has 12 aromatic rings. The fourth-order valence-corrected chi connectivity index (χ4v) is 25.9. The van der Waals surface area contributed by atoms with Gasteiger partial charge >= 0.3 is 0 Å². The largest absolute Gasteiger partial charge is 0.374 e. The minimum Gasteiger partial charge on any atom is -0.374 e. The fraction of sp³-hybridized carbons (Fsp3) is 0.444. The number of hydrogen-bond acceptors (Lipinski definition) is 19. The van der Waals surface area contributed by atoms with E-state index in [9.17, 15) is 0 Å². The van der Waals surface area contributed by atoms with Crippen molar-refractivity contribution in [2.45, 2.75) is 315 Å². The van der Waals surface area contributed by atoms with Crippen molar-refractivity contribution in [2.75, 3.05) is 13.2 Å². The molecule has 0 unspecified atom stereocenters. The molecule has 25 rings (SSSR count). The number of benzene rings is 12. The van der Waals surface area contributed by atoms with Crippen LogP contribution >= 0.6 is 0 Å². The highest BCUT2D eigenvalue weighted by atomic mass is 16.7. The van der Waals surface area contributed by atoms with E-state index in [0.717, 1.165) is 57.0 Å². The van der Waals surface area contributed by atoms with Crippen LogP contribution in [0, 0.1) is 23.7 Å². The van der Waals surface area contributed by atoms with Crippen LogP contribution in [0.15, 0.2) is 316 Å². The Morgan fingerprint density at radius 1 is 0.331 bits per heavy atom. The van der Waals surface area contributed by atoms with Gasteiger partial charge in [0.2, 0.25) is 0 Å². The lowest BCUT2D eigenvalue weighted by atomic mass is 9.75. The maximum absolute atomic E-state index is 7.91. The van der Waals surface area contributed by atoms with Crippen molar-refractivity contribution in [3.05, 3.63) is 349 Å². The first-order valence-corrected chi connectivity index (χ1v) is 53.6. The van der Waals surface area contributed by atoms with Gasteiger partial charge in [0.15, 0.2) is 5.79 Å². The summed E-state index contributed by atoms with van der Waals surface area (Å²) in [6, 6.07) is 90.2. The van der Waals surface area contributed by atoms with Crippen LogP contribution < -0.4 is 0 Å². The van der Waals surface area contributed by atoms with E-state index in [1.807, 2.05) is 0 Å². The Balaban J connectivity index is 0.461. The molecule has 13 aliphatic heterocycles. The second-order valence-electron chi connectivity index (χ2n) is 43.7. The third kappa shape index (κ3) is 20.2. The SMILES string of the molecule is C[C@@H]1C[C@@H]2O[C@@H]3[C@@H](C)[C@H](OCc4ccc5ccccc5c4)[C@@H]4O[C@]5(C[C@H](OCc6ccc7ccccc7c6)CO5)[C@@H](C)[C@H](C)[C@H]4O[C@H]3C[C@H]2O[C@H]2C[C@H]3O[C@H]4C/C=C\C[C@H]5O[C@H]6C=C[C@H]7O[C@H]8[C@H](OCc9ccc%10ccccc%10c9)[C@H]9O[C@@H](/C=C/[C@@H](COCc%10ccc%11ccccc%11c%10)OCc%10ccc%11ccccc%11c%10)C=CC[C@@H]9O[C@@H]8C[C@@H]7O[C@@H]6C=C[C@@H]5O[C@@H]4C[C@@H](OCc4ccc5ccccc5c4)[C@]3(C)O[C@@H]2C1. The smallest absolute Gasteiger partial charge is 0.174 e. The highest BCUT2D eigenvalue weighted by Gasteiger charge is 2.64. The summed E-state index contributed by atoms with van der Waals surface area (Å²) in [7, 11) is 0. The summed E-state index contributed by atoms with van der Waals surface area (Å²) in [6.45, 7) is 14.6. The minimum atomic E-state index is -0.937. The zero-order valence-electron chi connectivity index (χ0n) is 83.4. The summed E-state index contributed by atoms with van der Waals surface area (Å²) >= 11 is 0. The highest BCUT2D eigenvalue weighted by molar-refractivity contribution is 5.87. The lowest BCUT2D eigenvalue weighted by Gasteiger charge is -2.53. The summed E-state index contributed by atoms with van der Waals surface area (Å²) in [5, 5.41) is 14.2. The molecule has 0 saturated carbocycles. The van der Waals surface area contributed by atoms with Gasteiger partial charge in [-0.3, -0.25) is 0 Å². The zero-order valence-corrected chi connectivity index (χ0v) is 83.4. The Kier molecular flexibility index (Phi) is 27.8. The molecule has 9 fully saturated rings. The van der Waals surface area contributed by atoms with E-state index in [1.165, 1.54) is 53.9 Å². The van der Waals surface area contributed by atoms with Crippen LogP contribution in [-0.2, 0) is 130 Å². The average molecular weight is 1950 g/mol. The van der Waals surface area contributed by atoms with E-state index in [4.69, 9.17) is 90.0 Å². The molecule has 19 nitrogen and oxygen atoms in total. The van der Waals surface area contributed by atoms with Gasteiger partial charge in [0.05, 0.1) is 169 Å². The molecule has 19 heteroatoms. The van der Waals surface area contributed by atoms with Crippen molar-refractivity contribution in [2.24, 2.45) is 23.7 Å². The van der Waals surface area contributed by atoms with Crippen molar-refractivity contribution < 1.29 is 90.0 Å². The average Bonchev–Trinajstić information content (AvgIpc) is 1.60.